The van der Waals surface area contributed by atoms with Gasteiger partial charge in [0.15, 0.2) is 5.82 Å². The zero-order chi connectivity index (χ0) is 23.5. The summed E-state index contributed by atoms with van der Waals surface area (Å²) in [7, 11) is 0. The number of ether oxygens (including phenoxy) is 1. The summed E-state index contributed by atoms with van der Waals surface area (Å²) in [5, 5.41) is 11.9. The molecule has 0 bridgehead atoms. The van der Waals surface area contributed by atoms with E-state index < -0.39 is 0 Å². The van der Waals surface area contributed by atoms with Crippen LogP contribution >= 0.6 is 0 Å². The molecule has 5 rings (SSSR count). The molecule has 1 fully saturated rings. The van der Waals surface area contributed by atoms with Gasteiger partial charge >= 0.3 is 0 Å². The largest absolute Gasteiger partial charge is 0.492 e. The Labute approximate surface area is 196 Å². The fraction of sp³-hybridized carbons (Fsp3) is 0.231. The van der Waals surface area contributed by atoms with Gasteiger partial charge in [0.2, 0.25) is 0 Å². The van der Waals surface area contributed by atoms with Crippen molar-refractivity contribution in [1.29, 1.82) is 0 Å². The molecule has 0 saturated heterocycles. The van der Waals surface area contributed by atoms with Gasteiger partial charge in [0.05, 0.1) is 18.5 Å². The number of aromatic nitrogens is 4. The number of pyridine rings is 1. The molecule has 2 aromatic heterocycles. The number of carbonyl (C=O) groups excluding carboxylic acids is 1. The first-order valence-electron chi connectivity index (χ1n) is 11.3. The van der Waals surface area contributed by atoms with Crippen LogP contribution in [0.15, 0.2) is 72.9 Å². The molecule has 0 atom stereocenters. The molecule has 1 aliphatic rings. The highest BCUT2D eigenvalue weighted by Gasteiger charge is 2.36. The number of carbonyl (C=O) groups is 1. The second kappa shape index (κ2) is 9.43. The van der Waals surface area contributed by atoms with Crippen LogP contribution in [0.2, 0.25) is 0 Å². The Hall–Kier alpha value is -4.07. The van der Waals surface area contributed by atoms with Crippen LogP contribution in [0.3, 0.4) is 0 Å². The first-order chi connectivity index (χ1) is 16.6. The minimum atomic E-state index is -0.371. The van der Waals surface area contributed by atoms with Crippen LogP contribution in [0, 0.1) is 5.82 Å². The summed E-state index contributed by atoms with van der Waals surface area (Å²) in [6.45, 7) is 2.45. The van der Waals surface area contributed by atoms with E-state index >= 15 is 0 Å². The number of halogens is 1. The van der Waals surface area contributed by atoms with Gasteiger partial charge in [-0.1, -0.05) is 30.3 Å². The average Bonchev–Trinajstić information content (AvgIpc) is 3.26. The number of hydrogen-bond donors (Lipinski definition) is 1. The molecule has 4 aromatic rings. The van der Waals surface area contributed by atoms with E-state index in [0.717, 1.165) is 0 Å². The standard InChI is InChI=1S/C26H24FN5O2/c1-2-34-20-12-13-22(28-16-20)25-31-30-24(32(25)23-11-7-6-10-21(23)27)18-14-19(15-18)29-26(33)17-8-4-3-5-9-17/h3-13,16,18-19H,2,14-15H2,1H3,(H,29,33). The average molecular weight is 458 g/mol. The van der Waals surface area contributed by atoms with Gasteiger partial charge < -0.3 is 10.1 Å². The maximum Gasteiger partial charge on any atom is 0.251 e. The van der Waals surface area contributed by atoms with Gasteiger partial charge in [0, 0.05) is 17.5 Å². The van der Waals surface area contributed by atoms with Crippen LogP contribution in [0.25, 0.3) is 17.2 Å². The molecule has 8 heteroatoms. The van der Waals surface area contributed by atoms with E-state index in [1.165, 1.54) is 6.07 Å². The van der Waals surface area contributed by atoms with Crippen molar-refractivity contribution in [3.05, 3.63) is 90.1 Å². The predicted octanol–water partition coefficient (Wildman–Crippen LogP) is 4.54. The topological polar surface area (TPSA) is 81.9 Å². The molecule has 1 N–H and O–H groups in total. The number of nitrogens with one attached hydrogen (secondary N) is 1. The van der Waals surface area contributed by atoms with Crippen molar-refractivity contribution in [2.75, 3.05) is 6.61 Å². The minimum absolute atomic E-state index is 0.0236. The van der Waals surface area contributed by atoms with Gasteiger partial charge in [0.25, 0.3) is 5.91 Å². The zero-order valence-corrected chi connectivity index (χ0v) is 18.7. The normalized spacial score (nSPS) is 17.1. The molecule has 1 aliphatic carbocycles. The Morgan fingerprint density at radius 2 is 1.82 bits per heavy atom. The maximum atomic E-state index is 14.8. The van der Waals surface area contributed by atoms with Gasteiger partial charge in [-0.05, 0) is 56.2 Å². The summed E-state index contributed by atoms with van der Waals surface area (Å²) in [4.78, 5) is 16.9. The molecule has 34 heavy (non-hydrogen) atoms. The Morgan fingerprint density at radius 3 is 2.53 bits per heavy atom. The maximum absolute atomic E-state index is 14.8. The highest BCUT2D eigenvalue weighted by Crippen LogP contribution is 2.39. The smallest absolute Gasteiger partial charge is 0.251 e. The Kier molecular flexibility index (Phi) is 6.03. The summed E-state index contributed by atoms with van der Waals surface area (Å²) < 4.78 is 22.1. The Bertz CT molecular complexity index is 1280. The second-order valence-corrected chi connectivity index (χ2v) is 8.19. The van der Waals surface area contributed by atoms with Crippen LogP contribution in [0.4, 0.5) is 4.39 Å². The summed E-state index contributed by atoms with van der Waals surface area (Å²) in [6, 6.07) is 19.3. The molecule has 0 radical (unpaired) electrons. The van der Waals surface area contributed by atoms with E-state index in [-0.39, 0.29) is 23.7 Å². The van der Waals surface area contributed by atoms with Crippen molar-refractivity contribution in [1.82, 2.24) is 25.1 Å². The molecule has 2 aromatic carbocycles. The minimum Gasteiger partial charge on any atom is -0.492 e. The molecular weight excluding hydrogens is 433 g/mol. The molecule has 0 aliphatic heterocycles. The van der Waals surface area contributed by atoms with Crippen molar-refractivity contribution in [3.8, 4) is 23.0 Å². The number of rotatable bonds is 7. The van der Waals surface area contributed by atoms with Gasteiger partial charge in [-0.3, -0.25) is 9.36 Å². The van der Waals surface area contributed by atoms with Gasteiger partial charge in [-0.25, -0.2) is 9.37 Å². The van der Waals surface area contributed by atoms with E-state index in [9.17, 15) is 9.18 Å². The number of para-hydroxylation sites is 1. The first-order valence-corrected chi connectivity index (χ1v) is 11.3. The van der Waals surface area contributed by atoms with Gasteiger partial charge in [-0.2, -0.15) is 0 Å². The predicted molar refractivity (Wildman–Crippen MR) is 125 cm³/mol. The monoisotopic (exact) mass is 457 g/mol. The fourth-order valence-corrected chi connectivity index (χ4v) is 4.17. The second-order valence-electron chi connectivity index (χ2n) is 8.19. The highest BCUT2D eigenvalue weighted by atomic mass is 19.1. The number of amides is 1. The summed E-state index contributed by atoms with van der Waals surface area (Å²) in [5.74, 6) is 1.33. The first kappa shape index (κ1) is 21.8. The lowest BCUT2D eigenvalue weighted by atomic mass is 9.79. The Balaban J connectivity index is 1.41. The molecule has 0 unspecified atom stereocenters. The van der Waals surface area contributed by atoms with E-state index in [1.807, 2.05) is 31.2 Å². The lowest BCUT2D eigenvalue weighted by Gasteiger charge is -2.35. The van der Waals surface area contributed by atoms with Crippen molar-refractivity contribution >= 4 is 5.91 Å². The lowest BCUT2D eigenvalue weighted by molar-refractivity contribution is 0.0907. The summed E-state index contributed by atoms with van der Waals surface area (Å²) in [6.07, 6.45) is 3.01. The van der Waals surface area contributed by atoms with Crippen LogP contribution in [-0.2, 0) is 0 Å². The van der Waals surface area contributed by atoms with E-state index in [2.05, 4.69) is 20.5 Å². The van der Waals surface area contributed by atoms with E-state index in [1.54, 1.807) is 47.2 Å². The fourth-order valence-electron chi connectivity index (χ4n) is 4.17. The third-order valence-corrected chi connectivity index (χ3v) is 5.93. The SMILES string of the molecule is CCOc1ccc(-c2nnc(C3CC(NC(=O)c4ccccc4)C3)n2-c2ccccc2F)nc1. The molecule has 172 valence electrons. The third kappa shape index (κ3) is 4.26. The molecule has 0 spiro atoms. The van der Waals surface area contributed by atoms with Crippen LogP contribution in [0.5, 0.6) is 5.75 Å². The van der Waals surface area contributed by atoms with Gasteiger partial charge in [0.1, 0.15) is 23.1 Å². The van der Waals surface area contributed by atoms with Crippen molar-refractivity contribution < 1.29 is 13.9 Å². The molecule has 2 heterocycles. The van der Waals surface area contributed by atoms with Crippen LogP contribution in [0.1, 0.15) is 41.9 Å². The van der Waals surface area contributed by atoms with Crippen LogP contribution in [-0.4, -0.2) is 38.3 Å². The molecule has 7 nitrogen and oxygen atoms in total. The van der Waals surface area contributed by atoms with Crippen molar-refractivity contribution in [2.45, 2.75) is 31.7 Å². The van der Waals surface area contributed by atoms with Crippen molar-refractivity contribution in [2.24, 2.45) is 0 Å². The third-order valence-electron chi connectivity index (χ3n) is 5.93. The quantitative estimate of drug-likeness (QED) is 0.441. The molecule has 1 saturated carbocycles. The molecule has 1 amide bonds. The summed E-state index contributed by atoms with van der Waals surface area (Å²) >= 11 is 0. The van der Waals surface area contributed by atoms with Gasteiger partial charge in [-0.15, -0.1) is 10.2 Å². The summed E-state index contributed by atoms with van der Waals surface area (Å²) in [5.41, 5.74) is 1.56. The number of hydrogen-bond acceptors (Lipinski definition) is 5. The number of nitrogens with zero attached hydrogens (tertiary/aromatic N) is 4. The Morgan fingerprint density at radius 1 is 1.06 bits per heavy atom. The van der Waals surface area contributed by atoms with E-state index in [4.69, 9.17) is 4.74 Å². The lowest BCUT2D eigenvalue weighted by Crippen LogP contribution is -2.44. The van der Waals surface area contributed by atoms with Crippen molar-refractivity contribution in [3.63, 3.8) is 0 Å². The van der Waals surface area contributed by atoms with E-state index in [0.29, 0.717) is 53.8 Å². The van der Waals surface area contributed by atoms with Crippen LogP contribution < -0.4 is 10.1 Å². The molecular formula is C26H24FN5O2. The highest BCUT2D eigenvalue weighted by molar-refractivity contribution is 5.94. The zero-order valence-electron chi connectivity index (χ0n) is 18.7. The number of benzene rings is 2.